The maximum Gasteiger partial charge on any atom is 0.152 e. The van der Waals surface area contributed by atoms with Crippen LogP contribution in [-0.2, 0) is 0 Å². The molecular weight excluding hydrogens is 398 g/mol. The number of nitrogen functional groups attached to an aromatic ring is 1. The second kappa shape index (κ2) is 8.56. The van der Waals surface area contributed by atoms with Gasteiger partial charge in [0.15, 0.2) is 5.82 Å². The van der Waals surface area contributed by atoms with Crippen molar-refractivity contribution in [2.24, 2.45) is 0 Å². The van der Waals surface area contributed by atoms with Gasteiger partial charge in [-0.05, 0) is 48.7 Å². The van der Waals surface area contributed by atoms with Gasteiger partial charge >= 0.3 is 0 Å². The van der Waals surface area contributed by atoms with Crippen LogP contribution in [0.3, 0.4) is 0 Å². The van der Waals surface area contributed by atoms with Crippen molar-refractivity contribution in [1.29, 1.82) is 5.26 Å². The summed E-state index contributed by atoms with van der Waals surface area (Å²) in [5.74, 6) is 2.34. The average molecular weight is 422 g/mol. The number of hydrogen-bond acceptors (Lipinski definition) is 5. The molecule has 1 fully saturated rings. The van der Waals surface area contributed by atoms with E-state index in [0.29, 0.717) is 11.7 Å². The van der Waals surface area contributed by atoms with Crippen molar-refractivity contribution in [2.45, 2.75) is 31.6 Å². The zero-order valence-electron chi connectivity index (χ0n) is 17.6. The molecular formula is C26H23N5O. The quantitative estimate of drug-likeness (QED) is 0.401. The number of ether oxygens (including phenoxy) is 1. The van der Waals surface area contributed by atoms with E-state index in [1.54, 1.807) is 0 Å². The molecule has 0 atom stereocenters. The van der Waals surface area contributed by atoms with Crippen molar-refractivity contribution in [3.8, 4) is 28.7 Å². The number of nitrogens with zero attached hydrogens (tertiary/aromatic N) is 4. The van der Waals surface area contributed by atoms with Gasteiger partial charge in [0.05, 0.1) is 11.8 Å². The van der Waals surface area contributed by atoms with Crippen LogP contribution < -0.4 is 10.5 Å². The first kappa shape index (κ1) is 19.8. The van der Waals surface area contributed by atoms with E-state index < -0.39 is 0 Å². The minimum absolute atomic E-state index is 0.379. The lowest BCUT2D eigenvalue weighted by Crippen LogP contribution is -2.05. The number of fused-ring (bicyclic) bond motifs is 1. The van der Waals surface area contributed by atoms with Gasteiger partial charge in [-0.1, -0.05) is 43.2 Å². The number of para-hydroxylation sites is 1. The van der Waals surface area contributed by atoms with E-state index in [-0.39, 0.29) is 0 Å². The molecule has 0 aliphatic heterocycles. The third kappa shape index (κ3) is 3.58. The van der Waals surface area contributed by atoms with Crippen molar-refractivity contribution in [2.75, 3.05) is 5.73 Å². The lowest BCUT2D eigenvalue weighted by atomic mass is 9.94. The number of anilines is 1. The predicted octanol–water partition coefficient (Wildman–Crippen LogP) is 5.97. The molecule has 5 rings (SSSR count). The molecule has 2 N–H and O–H groups in total. The molecule has 0 bridgehead atoms. The molecule has 2 heterocycles. The molecule has 2 aromatic carbocycles. The summed E-state index contributed by atoms with van der Waals surface area (Å²) in [6, 6.07) is 19.7. The highest BCUT2D eigenvalue weighted by Gasteiger charge is 2.28. The topological polar surface area (TPSA) is 89.2 Å². The summed E-state index contributed by atoms with van der Waals surface area (Å²) in [4.78, 5) is 4.26. The number of aromatic nitrogens is 3. The molecule has 0 saturated heterocycles. The second-order valence-electron chi connectivity index (χ2n) is 7.96. The summed E-state index contributed by atoms with van der Waals surface area (Å²) >= 11 is 0. The number of nitrogens with two attached hydrogens (primary N) is 1. The molecule has 32 heavy (non-hydrogen) atoms. The minimum Gasteiger partial charge on any atom is -0.457 e. The number of allylic oxidation sites excluding steroid dienone is 1. The first-order chi connectivity index (χ1) is 15.8. The van der Waals surface area contributed by atoms with Crippen LogP contribution in [0.4, 0.5) is 5.82 Å². The van der Waals surface area contributed by atoms with Crippen molar-refractivity contribution in [3.05, 3.63) is 78.3 Å². The molecule has 6 heteroatoms. The molecule has 1 saturated carbocycles. The lowest BCUT2D eigenvalue weighted by molar-refractivity contribution is 0.483. The molecule has 0 radical (unpaired) electrons. The van der Waals surface area contributed by atoms with Crippen molar-refractivity contribution < 1.29 is 4.74 Å². The van der Waals surface area contributed by atoms with Crippen LogP contribution in [0.25, 0.3) is 22.7 Å². The van der Waals surface area contributed by atoms with Crippen LogP contribution in [0.15, 0.2) is 67.0 Å². The molecule has 1 aliphatic carbocycles. The van der Waals surface area contributed by atoms with Gasteiger partial charge in [0.25, 0.3) is 0 Å². The molecule has 0 unspecified atom stereocenters. The first-order valence-electron chi connectivity index (χ1n) is 10.8. The van der Waals surface area contributed by atoms with Gasteiger partial charge in [0, 0.05) is 23.1 Å². The Bertz CT molecular complexity index is 1310. The van der Waals surface area contributed by atoms with Gasteiger partial charge in [0.1, 0.15) is 23.3 Å². The SMILES string of the molecule is N#C/C=C/c1c(-c2ccc(Oc3ccccc3)cc2)c2c(N)ncnn2c1C1CCCC1. The predicted molar refractivity (Wildman–Crippen MR) is 125 cm³/mol. The molecule has 1 aliphatic rings. The molecule has 0 amide bonds. The first-order valence-corrected chi connectivity index (χ1v) is 10.8. The van der Waals surface area contributed by atoms with Gasteiger partial charge in [-0.25, -0.2) is 9.50 Å². The number of rotatable bonds is 5. The van der Waals surface area contributed by atoms with Gasteiger partial charge < -0.3 is 10.5 Å². The highest BCUT2D eigenvalue weighted by atomic mass is 16.5. The molecule has 2 aromatic heterocycles. The van der Waals surface area contributed by atoms with Crippen LogP contribution in [0.5, 0.6) is 11.5 Å². The molecule has 0 spiro atoms. The molecule has 158 valence electrons. The third-order valence-electron chi connectivity index (χ3n) is 6.02. The van der Waals surface area contributed by atoms with E-state index in [1.165, 1.54) is 25.2 Å². The second-order valence-corrected chi connectivity index (χ2v) is 7.96. The molecule has 6 nitrogen and oxygen atoms in total. The van der Waals surface area contributed by atoms with Gasteiger partial charge in [-0.15, -0.1) is 0 Å². The Morgan fingerprint density at radius 2 is 1.75 bits per heavy atom. The third-order valence-corrected chi connectivity index (χ3v) is 6.02. The summed E-state index contributed by atoms with van der Waals surface area (Å²) in [5, 5.41) is 13.8. The van der Waals surface area contributed by atoms with E-state index in [0.717, 1.165) is 52.2 Å². The van der Waals surface area contributed by atoms with E-state index in [1.807, 2.05) is 65.2 Å². The Hall–Kier alpha value is -4.11. The van der Waals surface area contributed by atoms with Crippen molar-refractivity contribution in [3.63, 3.8) is 0 Å². The molecule has 4 aromatic rings. The highest BCUT2D eigenvalue weighted by molar-refractivity contribution is 5.95. The average Bonchev–Trinajstić information content (AvgIpc) is 3.45. The van der Waals surface area contributed by atoms with Crippen molar-refractivity contribution in [1.82, 2.24) is 14.6 Å². The monoisotopic (exact) mass is 421 g/mol. The smallest absolute Gasteiger partial charge is 0.152 e. The van der Waals surface area contributed by atoms with E-state index in [9.17, 15) is 5.26 Å². The van der Waals surface area contributed by atoms with Crippen LogP contribution >= 0.6 is 0 Å². The zero-order valence-corrected chi connectivity index (χ0v) is 17.6. The van der Waals surface area contributed by atoms with E-state index in [4.69, 9.17) is 10.5 Å². The fourth-order valence-corrected chi connectivity index (χ4v) is 4.64. The summed E-state index contributed by atoms with van der Waals surface area (Å²) < 4.78 is 7.88. The number of benzene rings is 2. The van der Waals surface area contributed by atoms with Gasteiger partial charge in [-0.3, -0.25) is 0 Å². The standard InChI is InChI=1S/C26H23N5O/c27-16-6-11-22-23(18-12-14-21(15-13-18)32-20-9-2-1-3-10-20)25-26(28)29-17-30-31(25)24(22)19-7-4-5-8-19/h1-3,6,9-15,17,19H,4-5,7-8H2,(H2,28,29,30)/b11-6+. The Kier molecular flexibility index (Phi) is 5.30. The Morgan fingerprint density at radius 1 is 1.03 bits per heavy atom. The van der Waals surface area contributed by atoms with Crippen LogP contribution in [0.2, 0.25) is 0 Å². The van der Waals surface area contributed by atoms with Crippen LogP contribution in [0.1, 0.15) is 42.9 Å². The Balaban J connectivity index is 1.66. The normalized spacial score (nSPS) is 14.2. The lowest BCUT2D eigenvalue weighted by Gasteiger charge is -2.11. The maximum atomic E-state index is 9.24. The summed E-state index contributed by atoms with van der Waals surface area (Å²) in [6.07, 6.45) is 9.50. The van der Waals surface area contributed by atoms with Gasteiger partial charge in [0.2, 0.25) is 0 Å². The summed E-state index contributed by atoms with van der Waals surface area (Å²) in [6.45, 7) is 0. The largest absolute Gasteiger partial charge is 0.457 e. The fourth-order valence-electron chi connectivity index (χ4n) is 4.64. The Labute approximate surface area is 186 Å². The van der Waals surface area contributed by atoms with Crippen LogP contribution in [-0.4, -0.2) is 14.6 Å². The van der Waals surface area contributed by atoms with Gasteiger partial charge in [-0.2, -0.15) is 10.4 Å². The van der Waals surface area contributed by atoms with Crippen molar-refractivity contribution >= 4 is 17.4 Å². The minimum atomic E-state index is 0.379. The van der Waals surface area contributed by atoms with E-state index >= 15 is 0 Å². The summed E-state index contributed by atoms with van der Waals surface area (Å²) in [7, 11) is 0. The summed E-state index contributed by atoms with van der Waals surface area (Å²) in [5.41, 5.74) is 11.2. The van der Waals surface area contributed by atoms with E-state index in [2.05, 4.69) is 16.2 Å². The Morgan fingerprint density at radius 3 is 2.47 bits per heavy atom. The number of nitriles is 1. The zero-order chi connectivity index (χ0) is 21.9. The highest BCUT2D eigenvalue weighted by Crippen LogP contribution is 2.44. The fraction of sp³-hybridized carbons (Fsp3) is 0.192. The number of hydrogen-bond donors (Lipinski definition) is 1. The maximum absolute atomic E-state index is 9.24. The van der Waals surface area contributed by atoms with Crippen LogP contribution in [0, 0.1) is 11.3 Å².